The van der Waals surface area contributed by atoms with Gasteiger partial charge in [0.25, 0.3) is 15.9 Å². The minimum Gasteiger partial charge on any atom is -0.345 e. The zero-order valence-corrected chi connectivity index (χ0v) is 18.5. The highest BCUT2D eigenvalue weighted by atomic mass is 32.2. The first-order valence-corrected chi connectivity index (χ1v) is 11.7. The lowest BCUT2D eigenvalue weighted by molar-refractivity contribution is 0.0935. The molecule has 0 radical (unpaired) electrons. The Kier molecular flexibility index (Phi) is 6.16. The van der Waals surface area contributed by atoms with Gasteiger partial charge >= 0.3 is 0 Å². The van der Waals surface area contributed by atoms with Crippen molar-refractivity contribution in [3.8, 4) is 5.69 Å². The van der Waals surface area contributed by atoms with Crippen LogP contribution in [-0.4, -0.2) is 34.1 Å². The number of sulfonamides is 1. The number of primary sulfonamides is 1. The molecule has 3 aromatic heterocycles. The molecule has 0 saturated carbocycles. The molecule has 0 aliphatic heterocycles. The lowest BCUT2D eigenvalue weighted by Gasteiger charge is -2.19. The Morgan fingerprint density at radius 2 is 1.94 bits per heavy atom. The first-order chi connectivity index (χ1) is 15.8. The average Bonchev–Trinajstić information content (AvgIpc) is 3.23. The smallest absolute Gasteiger partial charge is 0.255 e. The first-order valence-electron chi connectivity index (χ1n) is 10.1. The van der Waals surface area contributed by atoms with E-state index >= 15 is 0 Å². The van der Waals surface area contributed by atoms with Crippen LogP contribution >= 0.6 is 0 Å². The van der Waals surface area contributed by atoms with E-state index in [-0.39, 0.29) is 16.8 Å². The minimum absolute atomic E-state index is 0.264. The fourth-order valence-corrected chi connectivity index (χ4v) is 4.06. The molecule has 33 heavy (non-hydrogen) atoms. The summed E-state index contributed by atoms with van der Waals surface area (Å²) in [6.07, 6.45) is 7.22. The van der Waals surface area contributed by atoms with Gasteiger partial charge in [-0.3, -0.25) is 9.78 Å². The summed E-state index contributed by atoms with van der Waals surface area (Å²) >= 11 is 0. The average molecular weight is 469 g/mol. The largest absolute Gasteiger partial charge is 0.345 e. The van der Waals surface area contributed by atoms with Crippen molar-refractivity contribution in [1.82, 2.24) is 25.1 Å². The number of nitrogens with one attached hydrogen (secondary N) is 1. The van der Waals surface area contributed by atoms with Gasteiger partial charge in [-0.15, -0.1) is 0 Å². The Morgan fingerprint density at radius 1 is 1.18 bits per heavy atom. The molecular formula is C22H21FN6O3S. The second-order valence-electron chi connectivity index (χ2n) is 7.44. The Hall–Kier alpha value is -3.70. The van der Waals surface area contributed by atoms with E-state index in [1.165, 1.54) is 30.6 Å². The van der Waals surface area contributed by atoms with Crippen molar-refractivity contribution < 1.29 is 17.6 Å². The van der Waals surface area contributed by atoms with E-state index in [0.29, 0.717) is 34.1 Å². The molecular weight excluding hydrogens is 447 g/mol. The normalized spacial score (nSPS) is 12.6. The topological polar surface area (TPSA) is 133 Å². The standard InChI is InChI=1S/C22H21FN6O3S/c1-2-3-19(14-8-9-26-21(10-14)33(24,31)32)28-22(30)18-11-25-13-20-17(18)12-27-29(20)16-6-4-15(23)5-7-16/h4-13,19H,2-3H2,1H3,(H,28,30)(H2,24,31,32)/t19-/m0/s1. The number of carbonyl (C=O) groups is 1. The van der Waals surface area contributed by atoms with Gasteiger partial charge in [-0.25, -0.2) is 27.6 Å². The molecule has 0 spiro atoms. The van der Waals surface area contributed by atoms with E-state index in [1.807, 2.05) is 6.92 Å². The number of aromatic nitrogens is 4. The van der Waals surface area contributed by atoms with Gasteiger partial charge in [-0.2, -0.15) is 5.10 Å². The van der Waals surface area contributed by atoms with Crippen molar-refractivity contribution in [3.05, 3.63) is 78.1 Å². The van der Waals surface area contributed by atoms with E-state index in [2.05, 4.69) is 20.4 Å². The van der Waals surface area contributed by atoms with Crippen molar-refractivity contribution in [2.24, 2.45) is 5.14 Å². The predicted octanol–water partition coefficient (Wildman–Crippen LogP) is 2.87. The van der Waals surface area contributed by atoms with E-state index in [9.17, 15) is 17.6 Å². The Morgan fingerprint density at radius 3 is 2.64 bits per heavy atom. The van der Waals surface area contributed by atoms with Gasteiger partial charge in [0.15, 0.2) is 5.03 Å². The molecule has 170 valence electrons. The maximum Gasteiger partial charge on any atom is 0.255 e. The lowest BCUT2D eigenvalue weighted by atomic mass is 10.0. The number of benzene rings is 1. The quantitative estimate of drug-likeness (QED) is 0.429. The van der Waals surface area contributed by atoms with E-state index in [0.717, 1.165) is 6.42 Å². The summed E-state index contributed by atoms with van der Waals surface area (Å²) in [7, 11) is -3.98. The Balaban J connectivity index is 1.67. The van der Waals surface area contributed by atoms with Crippen LogP contribution in [-0.2, 0) is 10.0 Å². The molecule has 1 aromatic carbocycles. The molecule has 1 amide bonds. The van der Waals surface area contributed by atoms with Crippen LogP contribution in [0.15, 0.2) is 66.2 Å². The van der Waals surface area contributed by atoms with E-state index in [1.54, 1.807) is 35.3 Å². The summed E-state index contributed by atoms with van der Waals surface area (Å²) in [5.74, 6) is -0.753. The van der Waals surface area contributed by atoms with Gasteiger partial charge < -0.3 is 5.32 Å². The number of hydrogen-bond acceptors (Lipinski definition) is 6. The highest BCUT2D eigenvalue weighted by Crippen LogP contribution is 2.24. The third-order valence-corrected chi connectivity index (χ3v) is 5.95. The molecule has 0 bridgehead atoms. The maximum absolute atomic E-state index is 13.3. The molecule has 4 rings (SSSR count). The maximum atomic E-state index is 13.3. The monoisotopic (exact) mass is 468 g/mol. The lowest BCUT2D eigenvalue weighted by Crippen LogP contribution is -2.29. The third-order valence-electron chi connectivity index (χ3n) is 5.15. The highest BCUT2D eigenvalue weighted by Gasteiger charge is 2.21. The number of nitrogens with zero attached hydrogens (tertiary/aromatic N) is 4. The van der Waals surface area contributed by atoms with Crippen LogP contribution in [0.5, 0.6) is 0 Å². The predicted molar refractivity (Wildman–Crippen MR) is 120 cm³/mol. The van der Waals surface area contributed by atoms with E-state index in [4.69, 9.17) is 5.14 Å². The van der Waals surface area contributed by atoms with Gasteiger partial charge in [0.2, 0.25) is 0 Å². The SMILES string of the molecule is CCC[C@H](NC(=O)c1cncc2c1cnn2-c1ccc(F)cc1)c1ccnc(S(N)(=O)=O)c1. The third kappa shape index (κ3) is 4.73. The van der Waals surface area contributed by atoms with E-state index < -0.39 is 16.1 Å². The van der Waals surface area contributed by atoms with Crippen LogP contribution < -0.4 is 10.5 Å². The van der Waals surface area contributed by atoms with Gasteiger partial charge in [-0.1, -0.05) is 13.3 Å². The molecule has 11 heteroatoms. The summed E-state index contributed by atoms with van der Waals surface area (Å²) in [5.41, 5.74) is 2.10. The molecule has 0 aliphatic carbocycles. The molecule has 1 atom stereocenters. The second-order valence-corrected chi connectivity index (χ2v) is 8.95. The zero-order chi connectivity index (χ0) is 23.6. The fourth-order valence-electron chi connectivity index (χ4n) is 3.55. The number of pyridine rings is 2. The van der Waals surface area contributed by atoms with Crippen LogP contribution in [0.1, 0.15) is 41.7 Å². The molecule has 4 aromatic rings. The fraction of sp³-hybridized carbons (Fsp3) is 0.182. The number of halogens is 1. The molecule has 3 N–H and O–H groups in total. The second kappa shape index (κ2) is 9.04. The number of nitrogens with two attached hydrogens (primary N) is 1. The van der Waals surface area contributed by atoms with Crippen molar-refractivity contribution in [1.29, 1.82) is 0 Å². The summed E-state index contributed by atoms with van der Waals surface area (Å²) in [4.78, 5) is 21.2. The molecule has 0 unspecified atom stereocenters. The van der Waals surface area contributed by atoms with Crippen LogP contribution in [0.3, 0.4) is 0 Å². The van der Waals surface area contributed by atoms with Crippen molar-refractivity contribution >= 4 is 26.8 Å². The molecule has 0 aliphatic rings. The van der Waals surface area contributed by atoms with Crippen LogP contribution in [0.2, 0.25) is 0 Å². The van der Waals surface area contributed by atoms with Gasteiger partial charge in [0, 0.05) is 17.8 Å². The molecule has 0 fully saturated rings. The highest BCUT2D eigenvalue weighted by molar-refractivity contribution is 7.89. The zero-order valence-electron chi connectivity index (χ0n) is 17.6. The Labute approximate surface area is 189 Å². The number of hydrogen-bond donors (Lipinski definition) is 2. The van der Waals surface area contributed by atoms with Crippen LogP contribution in [0.4, 0.5) is 4.39 Å². The Bertz CT molecular complexity index is 1420. The summed E-state index contributed by atoms with van der Waals surface area (Å²) in [6, 6.07) is 8.35. The molecule has 0 saturated heterocycles. The molecule has 3 heterocycles. The summed E-state index contributed by atoms with van der Waals surface area (Å²) < 4.78 is 38.2. The van der Waals surface area contributed by atoms with Gasteiger partial charge in [0.1, 0.15) is 5.82 Å². The summed E-state index contributed by atoms with van der Waals surface area (Å²) in [6.45, 7) is 1.95. The van der Waals surface area contributed by atoms with Crippen LogP contribution in [0, 0.1) is 5.82 Å². The van der Waals surface area contributed by atoms with Crippen molar-refractivity contribution in [2.45, 2.75) is 30.8 Å². The van der Waals surface area contributed by atoms with Crippen molar-refractivity contribution in [3.63, 3.8) is 0 Å². The first kappa shape index (κ1) is 22.5. The minimum atomic E-state index is -3.98. The van der Waals surface area contributed by atoms with Gasteiger partial charge in [-0.05, 0) is 48.4 Å². The summed E-state index contributed by atoms with van der Waals surface area (Å²) in [5, 5.41) is 12.8. The number of amides is 1. The number of carbonyl (C=O) groups excluding carboxylic acids is 1. The number of fused-ring (bicyclic) bond motifs is 1. The van der Waals surface area contributed by atoms with Crippen molar-refractivity contribution in [2.75, 3.05) is 0 Å². The van der Waals surface area contributed by atoms with Gasteiger partial charge in [0.05, 0.1) is 35.2 Å². The van der Waals surface area contributed by atoms with Crippen LogP contribution in [0.25, 0.3) is 16.6 Å². The number of rotatable bonds is 7. The molecule has 9 nitrogen and oxygen atoms in total.